The van der Waals surface area contributed by atoms with Crippen LogP contribution in [0.3, 0.4) is 0 Å². The monoisotopic (exact) mass is 306 g/mol. The molecule has 7 heteroatoms. The number of nitrogens with zero attached hydrogens (tertiary/aromatic N) is 4. The number of fused-ring (bicyclic) bond motifs is 1. The van der Waals surface area contributed by atoms with Gasteiger partial charge in [0.1, 0.15) is 0 Å². The maximum Gasteiger partial charge on any atom is 0.233 e. The van der Waals surface area contributed by atoms with E-state index < -0.39 is 0 Å². The van der Waals surface area contributed by atoms with Crippen molar-refractivity contribution in [2.75, 3.05) is 46.5 Å². The second kappa shape index (κ2) is 7.02. The van der Waals surface area contributed by atoms with Crippen LogP contribution in [0.15, 0.2) is 6.07 Å². The third-order valence-corrected chi connectivity index (χ3v) is 4.21. The van der Waals surface area contributed by atoms with Crippen LogP contribution in [-0.2, 0) is 22.5 Å². The summed E-state index contributed by atoms with van der Waals surface area (Å²) in [4.78, 5) is 16.4. The van der Waals surface area contributed by atoms with E-state index in [1.165, 1.54) is 0 Å². The summed E-state index contributed by atoms with van der Waals surface area (Å²) in [7, 11) is 1.60. The molecular weight excluding hydrogens is 284 g/mol. The molecule has 0 aromatic carbocycles. The fraction of sp³-hybridized carbons (Fsp3) is 0.667. The number of hydrogen-bond donors (Lipinski definition) is 0. The van der Waals surface area contributed by atoms with Gasteiger partial charge in [0.05, 0.1) is 26.0 Å². The molecule has 0 aliphatic carbocycles. The molecule has 1 saturated heterocycles. The average Bonchev–Trinajstić information content (AvgIpc) is 2.59. The van der Waals surface area contributed by atoms with E-state index in [9.17, 15) is 4.79 Å². The molecule has 3 heterocycles. The van der Waals surface area contributed by atoms with Gasteiger partial charge in [-0.3, -0.25) is 9.69 Å². The Bertz CT molecular complexity index is 532. The minimum Gasteiger partial charge on any atom is -0.480 e. The van der Waals surface area contributed by atoms with Crippen LogP contribution in [0, 0.1) is 0 Å². The zero-order valence-corrected chi connectivity index (χ0v) is 13.0. The van der Waals surface area contributed by atoms with Crippen LogP contribution in [0.5, 0.6) is 5.88 Å². The van der Waals surface area contributed by atoms with Gasteiger partial charge in [-0.15, -0.1) is 5.10 Å². The van der Waals surface area contributed by atoms with E-state index in [2.05, 4.69) is 15.1 Å². The molecule has 22 heavy (non-hydrogen) atoms. The summed E-state index contributed by atoms with van der Waals surface area (Å²) in [5, 5.41) is 8.21. The highest BCUT2D eigenvalue weighted by Crippen LogP contribution is 2.19. The highest BCUT2D eigenvalue weighted by molar-refractivity contribution is 5.76. The van der Waals surface area contributed by atoms with Gasteiger partial charge >= 0.3 is 0 Å². The molecule has 7 nitrogen and oxygen atoms in total. The van der Waals surface area contributed by atoms with E-state index in [1.54, 1.807) is 7.11 Å². The molecule has 0 saturated carbocycles. The maximum absolute atomic E-state index is 12.2. The van der Waals surface area contributed by atoms with E-state index in [4.69, 9.17) is 9.47 Å². The Kier molecular flexibility index (Phi) is 4.84. The van der Waals surface area contributed by atoms with E-state index >= 15 is 0 Å². The van der Waals surface area contributed by atoms with E-state index in [-0.39, 0.29) is 5.91 Å². The molecule has 1 aromatic heterocycles. The van der Waals surface area contributed by atoms with Crippen molar-refractivity contribution in [2.45, 2.75) is 19.4 Å². The van der Waals surface area contributed by atoms with Gasteiger partial charge in [0, 0.05) is 51.6 Å². The van der Waals surface area contributed by atoms with Crippen molar-refractivity contribution in [2.24, 2.45) is 0 Å². The molecule has 0 atom stereocenters. The van der Waals surface area contributed by atoms with Gasteiger partial charge in [0.25, 0.3) is 0 Å². The molecule has 2 aliphatic heterocycles. The summed E-state index contributed by atoms with van der Waals surface area (Å²) >= 11 is 0. The van der Waals surface area contributed by atoms with Crippen molar-refractivity contribution in [3.63, 3.8) is 0 Å². The predicted molar refractivity (Wildman–Crippen MR) is 79.6 cm³/mol. The number of amides is 1. The van der Waals surface area contributed by atoms with E-state index in [0.717, 1.165) is 37.3 Å². The van der Waals surface area contributed by atoms with Crippen molar-refractivity contribution < 1.29 is 14.3 Å². The molecule has 0 unspecified atom stereocenters. The van der Waals surface area contributed by atoms with Crippen molar-refractivity contribution in [3.8, 4) is 5.88 Å². The molecule has 1 amide bonds. The first-order valence-corrected chi connectivity index (χ1v) is 7.73. The first kappa shape index (κ1) is 15.2. The van der Waals surface area contributed by atoms with E-state index in [1.807, 2.05) is 11.0 Å². The van der Waals surface area contributed by atoms with Crippen molar-refractivity contribution in [1.82, 2.24) is 20.0 Å². The Morgan fingerprint density at radius 3 is 2.91 bits per heavy atom. The summed E-state index contributed by atoms with van der Waals surface area (Å²) < 4.78 is 10.4. The van der Waals surface area contributed by atoms with E-state index in [0.29, 0.717) is 38.6 Å². The molecule has 2 aliphatic rings. The third-order valence-electron chi connectivity index (χ3n) is 4.21. The zero-order valence-electron chi connectivity index (χ0n) is 13.0. The van der Waals surface area contributed by atoms with Crippen LogP contribution < -0.4 is 4.74 Å². The standard InChI is InChI=1S/C15H22N4O3/c1-21-14-10-12-11-18(4-2-13(12)16-17-14)5-3-15(20)19-6-8-22-9-7-19/h10H,2-9,11H2,1H3. The van der Waals surface area contributed by atoms with Crippen LogP contribution in [0.4, 0.5) is 0 Å². The number of hydrogen-bond acceptors (Lipinski definition) is 6. The highest BCUT2D eigenvalue weighted by atomic mass is 16.5. The van der Waals surface area contributed by atoms with Gasteiger partial charge in [-0.2, -0.15) is 5.10 Å². The minimum absolute atomic E-state index is 0.222. The topological polar surface area (TPSA) is 67.8 Å². The number of rotatable bonds is 4. The Morgan fingerprint density at radius 2 is 2.14 bits per heavy atom. The molecule has 0 N–H and O–H groups in total. The zero-order chi connectivity index (χ0) is 15.4. The second-order valence-corrected chi connectivity index (χ2v) is 5.63. The summed E-state index contributed by atoms with van der Waals surface area (Å²) in [5.74, 6) is 0.768. The van der Waals surface area contributed by atoms with Crippen LogP contribution >= 0.6 is 0 Å². The SMILES string of the molecule is COc1cc2c(nn1)CCN(CCC(=O)N1CCOCC1)C2. The van der Waals surface area contributed by atoms with Crippen molar-refractivity contribution >= 4 is 5.91 Å². The fourth-order valence-electron chi connectivity index (χ4n) is 2.88. The van der Waals surface area contributed by atoms with Gasteiger partial charge in [-0.25, -0.2) is 0 Å². The normalized spacial score (nSPS) is 18.9. The van der Waals surface area contributed by atoms with Crippen LogP contribution in [0.2, 0.25) is 0 Å². The molecule has 1 aromatic rings. The van der Waals surface area contributed by atoms with Gasteiger partial charge in [0.15, 0.2) is 0 Å². The van der Waals surface area contributed by atoms with Gasteiger partial charge in [-0.1, -0.05) is 0 Å². The van der Waals surface area contributed by atoms with Gasteiger partial charge < -0.3 is 14.4 Å². The molecular formula is C15H22N4O3. The third kappa shape index (κ3) is 3.53. The number of ether oxygens (including phenoxy) is 2. The van der Waals surface area contributed by atoms with Crippen molar-refractivity contribution in [3.05, 3.63) is 17.3 Å². The molecule has 0 bridgehead atoms. The lowest BCUT2D eigenvalue weighted by molar-refractivity contribution is -0.135. The summed E-state index contributed by atoms with van der Waals surface area (Å²) in [5.41, 5.74) is 2.19. The minimum atomic E-state index is 0.222. The maximum atomic E-state index is 12.2. The number of methoxy groups -OCH3 is 1. The van der Waals surface area contributed by atoms with Crippen LogP contribution in [0.1, 0.15) is 17.7 Å². The smallest absolute Gasteiger partial charge is 0.233 e. The fourth-order valence-corrected chi connectivity index (χ4v) is 2.88. The summed E-state index contributed by atoms with van der Waals surface area (Å²) in [6, 6.07) is 1.94. The Morgan fingerprint density at radius 1 is 1.32 bits per heavy atom. The highest BCUT2D eigenvalue weighted by Gasteiger charge is 2.21. The predicted octanol–water partition coefficient (Wildman–Crippen LogP) is 0.0922. The Balaban J connectivity index is 1.52. The Hall–Kier alpha value is -1.73. The molecule has 0 radical (unpaired) electrons. The lowest BCUT2D eigenvalue weighted by Crippen LogP contribution is -2.42. The lowest BCUT2D eigenvalue weighted by atomic mass is 10.1. The lowest BCUT2D eigenvalue weighted by Gasteiger charge is -2.30. The quantitative estimate of drug-likeness (QED) is 0.785. The number of aromatic nitrogens is 2. The van der Waals surface area contributed by atoms with Gasteiger partial charge in [-0.05, 0) is 5.56 Å². The molecule has 1 fully saturated rings. The average molecular weight is 306 g/mol. The van der Waals surface area contributed by atoms with Crippen molar-refractivity contribution in [1.29, 1.82) is 0 Å². The summed E-state index contributed by atoms with van der Waals surface area (Å²) in [6.07, 6.45) is 1.43. The Labute approximate surface area is 130 Å². The van der Waals surface area contributed by atoms with Crippen LogP contribution in [-0.4, -0.2) is 72.4 Å². The molecule has 120 valence electrons. The number of morpholine rings is 1. The summed E-state index contributed by atoms with van der Waals surface area (Å²) in [6.45, 7) is 5.24. The largest absolute Gasteiger partial charge is 0.480 e. The second-order valence-electron chi connectivity index (χ2n) is 5.63. The number of carbonyl (C=O) groups excluding carboxylic acids is 1. The molecule has 0 spiro atoms. The molecule has 3 rings (SSSR count). The first-order valence-electron chi connectivity index (χ1n) is 7.73. The van der Waals surface area contributed by atoms with Crippen LogP contribution in [0.25, 0.3) is 0 Å². The first-order chi connectivity index (χ1) is 10.8. The van der Waals surface area contributed by atoms with Gasteiger partial charge in [0.2, 0.25) is 11.8 Å². The number of carbonyl (C=O) groups is 1.